The van der Waals surface area contributed by atoms with Crippen LogP contribution in [0.1, 0.15) is 26.2 Å². The van der Waals surface area contributed by atoms with Crippen LogP contribution >= 0.6 is 0 Å². The second-order valence-electron chi connectivity index (χ2n) is 3.55. The van der Waals surface area contributed by atoms with Crippen molar-refractivity contribution in [1.29, 1.82) is 0 Å². The Labute approximate surface area is 75.2 Å². The molecule has 0 aliphatic carbocycles. The Morgan fingerprint density at radius 2 is 2.08 bits per heavy atom. The van der Waals surface area contributed by atoms with Crippen molar-refractivity contribution >= 4 is 0 Å². The summed E-state index contributed by atoms with van der Waals surface area (Å²) in [4.78, 5) is 0. The molecule has 0 saturated carbocycles. The molecule has 2 nitrogen and oxygen atoms in total. The molecule has 3 atom stereocenters. The summed E-state index contributed by atoms with van der Waals surface area (Å²) in [5.74, 6) is 0. The summed E-state index contributed by atoms with van der Waals surface area (Å²) in [6.45, 7) is 1.85. The highest BCUT2D eigenvalue weighted by atomic mass is 19.4. The van der Waals surface area contributed by atoms with Gasteiger partial charge < -0.3 is 10.5 Å². The van der Waals surface area contributed by atoms with E-state index in [9.17, 15) is 13.2 Å². The molecule has 5 heteroatoms. The van der Waals surface area contributed by atoms with Crippen LogP contribution in [0.4, 0.5) is 13.2 Å². The molecule has 1 saturated heterocycles. The summed E-state index contributed by atoms with van der Waals surface area (Å²) in [7, 11) is 0. The molecule has 0 bridgehead atoms. The number of halogens is 3. The molecule has 13 heavy (non-hydrogen) atoms. The van der Waals surface area contributed by atoms with E-state index in [1.54, 1.807) is 0 Å². The van der Waals surface area contributed by atoms with Crippen molar-refractivity contribution in [1.82, 2.24) is 0 Å². The molecule has 78 valence electrons. The maximum atomic E-state index is 11.9. The van der Waals surface area contributed by atoms with E-state index in [2.05, 4.69) is 0 Å². The fourth-order valence-electron chi connectivity index (χ4n) is 1.55. The first-order chi connectivity index (χ1) is 5.88. The summed E-state index contributed by atoms with van der Waals surface area (Å²) in [5, 5.41) is 0. The SMILES string of the molecule is CC1CCC([C@H](N)CC(F)(F)F)O1. The van der Waals surface area contributed by atoms with Crippen LogP contribution < -0.4 is 5.73 Å². The molecular formula is C8H14F3NO. The van der Waals surface area contributed by atoms with Crippen molar-refractivity contribution < 1.29 is 17.9 Å². The summed E-state index contributed by atoms with van der Waals surface area (Å²) in [6, 6.07) is -0.912. The molecule has 2 N–H and O–H groups in total. The summed E-state index contributed by atoms with van der Waals surface area (Å²) in [5.41, 5.74) is 5.38. The van der Waals surface area contributed by atoms with E-state index in [4.69, 9.17) is 10.5 Å². The van der Waals surface area contributed by atoms with E-state index >= 15 is 0 Å². The minimum Gasteiger partial charge on any atom is -0.374 e. The molecule has 0 spiro atoms. The molecular weight excluding hydrogens is 183 g/mol. The number of rotatable bonds is 2. The Morgan fingerprint density at radius 3 is 2.46 bits per heavy atom. The summed E-state index contributed by atoms with van der Waals surface area (Å²) in [6.07, 6.45) is -4.07. The third-order valence-corrected chi connectivity index (χ3v) is 2.21. The Morgan fingerprint density at radius 1 is 1.46 bits per heavy atom. The van der Waals surface area contributed by atoms with E-state index in [-0.39, 0.29) is 6.10 Å². The molecule has 0 amide bonds. The first kappa shape index (κ1) is 10.8. The fourth-order valence-corrected chi connectivity index (χ4v) is 1.55. The number of hydrogen-bond acceptors (Lipinski definition) is 2. The van der Waals surface area contributed by atoms with Crippen molar-refractivity contribution in [3.8, 4) is 0 Å². The van der Waals surface area contributed by atoms with E-state index in [0.29, 0.717) is 6.42 Å². The van der Waals surface area contributed by atoms with Gasteiger partial charge in [0, 0.05) is 6.04 Å². The molecule has 0 aromatic carbocycles. The Hall–Kier alpha value is -0.290. The lowest BCUT2D eigenvalue weighted by Gasteiger charge is -2.20. The molecule has 2 unspecified atom stereocenters. The van der Waals surface area contributed by atoms with Gasteiger partial charge in [0.25, 0.3) is 0 Å². The number of nitrogens with two attached hydrogens (primary N) is 1. The van der Waals surface area contributed by atoms with Gasteiger partial charge in [-0.1, -0.05) is 0 Å². The lowest BCUT2D eigenvalue weighted by atomic mass is 10.1. The Bertz CT molecular complexity index is 171. The predicted octanol–water partition coefficient (Wildman–Crippen LogP) is 1.83. The third-order valence-electron chi connectivity index (χ3n) is 2.21. The molecule has 1 rings (SSSR count). The fraction of sp³-hybridized carbons (Fsp3) is 1.00. The molecule has 0 radical (unpaired) electrons. The highest BCUT2D eigenvalue weighted by Gasteiger charge is 2.36. The average molecular weight is 197 g/mol. The maximum Gasteiger partial charge on any atom is 0.390 e. The molecule has 0 aromatic heterocycles. The highest BCUT2D eigenvalue weighted by Crippen LogP contribution is 2.27. The molecule has 1 fully saturated rings. The topological polar surface area (TPSA) is 35.2 Å². The molecule has 1 heterocycles. The zero-order valence-electron chi connectivity index (χ0n) is 7.47. The van der Waals surface area contributed by atoms with Gasteiger partial charge in [-0.25, -0.2) is 0 Å². The molecule has 1 aliphatic rings. The second-order valence-corrected chi connectivity index (χ2v) is 3.55. The van der Waals surface area contributed by atoms with Gasteiger partial charge in [0.05, 0.1) is 18.6 Å². The van der Waals surface area contributed by atoms with Gasteiger partial charge >= 0.3 is 6.18 Å². The van der Waals surface area contributed by atoms with Crippen molar-refractivity contribution in [3.63, 3.8) is 0 Å². The van der Waals surface area contributed by atoms with Crippen molar-refractivity contribution in [2.75, 3.05) is 0 Å². The first-order valence-electron chi connectivity index (χ1n) is 4.36. The Balaban J connectivity index is 2.36. The third kappa shape index (κ3) is 3.52. The van der Waals surface area contributed by atoms with E-state index < -0.39 is 24.7 Å². The summed E-state index contributed by atoms with van der Waals surface area (Å²) >= 11 is 0. The van der Waals surface area contributed by atoms with Crippen LogP contribution in [0.5, 0.6) is 0 Å². The molecule has 0 aromatic rings. The largest absolute Gasteiger partial charge is 0.390 e. The van der Waals surface area contributed by atoms with Crippen LogP contribution in [0, 0.1) is 0 Å². The number of alkyl halides is 3. The average Bonchev–Trinajstić information content (AvgIpc) is 2.31. The second kappa shape index (κ2) is 3.84. The van der Waals surface area contributed by atoms with Crippen LogP contribution in [0.3, 0.4) is 0 Å². The summed E-state index contributed by atoms with van der Waals surface area (Å²) < 4.78 is 41.0. The van der Waals surface area contributed by atoms with Gasteiger partial charge in [-0.3, -0.25) is 0 Å². The van der Waals surface area contributed by atoms with E-state index in [0.717, 1.165) is 6.42 Å². The number of hydrogen-bond donors (Lipinski definition) is 1. The van der Waals surface area contributed by atoms with E-state index in [1.165, 1.54) is 0 Å². The van der Waals surface area contributed by atoms with Crippen LogP contribution in [0.25, 0.3) is 0 Å². The van der Waals surface area contributed by atoms with Gasteiger partial charge in [-0.2, -0.15) is 13.2 Å². The van der Waals surface area contributed by atoms with Crippen molar-refractivity contribution in [2.45, 2.75) is 50.6 Å². The van der Waals surface area contributed by atoms with E-state index in [1.807, 2.05) is 6.92 Å². The lowest BCUT2D eigenvalue weighted by Crippen LogP contribution is -2.38. The number of ether oxygens (including phenoxy) is 1. The minimum atomic E-state index is -4.19. The van der Waals surface area contributed by atoms with Crippen LogP contribution in [-0.2, 0) is 4.74 Å². The van der Waals surface area contributed by atoms with Crippen molar-refractivity contribution in [3.05, 3.63) is 0 Å². The maximum absolute atomic E-state index is 11.9. The Kier molecular flexibility index (Phi) is 3.18. The monoisotopic (exact) mass is 197 g/mol. The standard InChI is InChI=1S/C8H14F3NO/c1-5-2-3-7(13-5)6(12)4-8(9,10)11/h5-7H,2-4,12H2,1H3/t5?,6-,7?/m1/s1. The smallest absolute Gasteiger partial charge is 0.374 e. The lowest BCUT2D eigenvalue weighted by molar-refractivity contribution is -0.145. The van der Waals surface area contributed by atoms with Crippen LogP contribution in [-0.4, -0.2) is 24.4 Å². The van der Waals surface area contributed by atoms with Gasteiger partial charge in [-0.15, -0.1) is 0 Å². The van der Waals surface area contributed by atoms with Gasteiger partial charge in [0.1, 0.15) is 0 Å². The zero-order chi connectivity index (χ0) is 10.1. The van der Waals surface area contributed by atoms with Crippen LogP contribution in [0.2, 0.25) is 0 Å². The van der Waals surface area contributed by atoms with Crippen molar-refractivity contribution in [2.24, 2.45) is 5.73 Å². The van der Waals surface area contributed by atoms with Gasteiger partial charge in [-0.05, 0) is 19.8 Å². The quantitative estimate of drug-likeness (QED) is 0.733. The van der Waals surface area contributed by atoms with Gasteiger partial charge in [0.15, 0.2) is 0 Å². The zero-order valence-corrected chi connectivity index (χ0v) is 7.47. The predicted molar refractivity (Wildman–Crippen MR) is 42.2 cm³/mol. The first-order valence-corrected chi connectivity index (χ1v) is 4.36. The molecule has 1 aliphatic heterocycles. The minimum absolute atomic E-state index is 0.0456. The van der Waals surface area contributed by atoms with Gasteiger partial charge in [0.2, 0.25) is 0 Å². The highest BCUT2D eigenvalue weighted by molar-refractivity contribution is 4.81. The normalized spacial score (nSPS) is 32.1. The van der Waals surface area contributed by atoms with Crippen LogP contribution in [0.15, 0.2) is 0 Å².